The molecule has 0 saturated heterocycles. The smallest absolute Gasteiger partial charge is 0.129 e. The van der Waals surface area contributed by atoms with Gasteiger partial charge in [-0.05, 0) is 55.0 Å². The molecular weight excluding hydrogens is 354 g/mol. The van der Waals surface area contributed by atoms with E-state index in [0.29, 0.717) is 0 Å². The van der Waals surface area contributed by atoms with Crippen molar-refractivity contribution in [2.45, 2.75) is 32.2 Å². The minimum absolute atomic E-state index is 0.162. The van der Waals surface area contributed by atoms with E-state index in [-0.39, 0.29) is 6.04 Å². The van der Waals surface area contributed by atoms with Gasteiger partial charge in [0.1, 0.15) is 5.82 Å². The summed E-state index contributed by atoms with van der Waals surface area (Å²) in [7, 11) is 0. The van der Waals surface area contributed by atoms with Crippen LogP contribution in [0.3, 0.4) is 0 Å². The van der Waals surface area contributed by atoms with Crippen LogP contribution in [0, 0.1) is 0 Å². The lowest BCUT2D eigenvalue weighted by atomic mass is 9.94. The van der Waals surface area contributed by atoms with Crippen molar-refractivity contribution in [3.63, 3.8) is 0 Å². The molecule has 0 bridgehead atoms. The summed E-state index contributed by atoms with van der Waals surface area (Å²) < 4.78 is 0. The van der Waals surface area contributed by atoms with Crippen LogP contribution in [0.25, 0.3) is 11.0 Å². The van der Waals surface area contributed by atoms with Gasteiger partial charge in [-0.1, -0.05) is 67.3 Å². The summed E-state index contributed by atoms with van der Waals surface area (Å²) in [5.74, 6) is 1.04. The zero-order valence-corrected chi connectivity index (χ0v) is 17.1. The second-order valence-electron chi connectivity index (χ2n) is 7.54. The largest absolute Gasteiger partial charge is 0.340 e. The molecule has 4 rings (SSSR count). The summed E-state index contributed by atoms with van der Waals surface area (Å²) in [4.78, 5) is 11.1. The van der Waals surface area contributed by atoms with Gasteiger partial charge in [-0.15, -0.1) is 0 Å². The topological polar surface area (TPSA) is 31.9 Å². The van der Waals surface area contributed by atoms with Crippen LogP contribution in [-0.2, 0) is 0 Å². The average molecular weight is 384 g/mol. The van der Waals surface area contributed by atoms with Crippen LogP contribution in [0.15, 0.2) is 96.2 Å². The van der Waals surface area contributed by atoms with Gasteiger partial charge in [0.05, 0.1) is 17.1 Å². The van der Waals surface area contributed by atoms with E-state index in [1.54, 1.807) is 0 Å². The number of H-pyrrole nitrogens is 1. The minimum atomic E-state index is 0.162. The number of benzene rings is 1. The number of nitrogens with one attached hydrogen (secondary N) is 1. The van der Waals surface area contributed by atoms with Gasteiger partial charge in [0.2, 0.25) is 0 Å². The molecule has 1 N–H and O–H groups in total. The molecule has 1 atom stereocenters. The van der Waals surface area contributed by atoms with E-state index in [2.05, 4.69) is 78.0 Å². The first kappa shape index (κ1) is 19.4. The van der Waals surface area contributed by atoms with Crippen molar-refractivity contribution in [1.82, 2.24) is 14.9 Å². The Balaban J connectivity index is 1.64. The van der Waals surface area contributed by atoms with Crippen molar-refractivity contribution in [3.05, 3.63) is 102 Å². The number of hydrogen-bond donors (Lipinski definition) is 1. The number of rotatable bonds is 6. The van der Waals surface area contributed by atoms with E-state index in [0.717, 1.165) is 49.2 Å². The normalized spacial score (nSPS) is 19.4. The van der Waals surface area contributed by atoms with Gasteiger partial charge in [-0.2, -0.15) is 0 Å². The lowest BCUT2D eigenvalue weighted by Crippen LogP contribution is -2.34. The zero-order chi connectivity index (χ0) is 20.1. The molecule has 0 radical (unpaired) electrons. The zero-order valence-electron chi connectivity index (χ0n) is 17.1. The van der Waals surface area contributed by atoms with Gasteiger partial charge in [0.15, 0.2) is 0 Å². The Morgan fingerprint density at radius 3 is 2.83 bits per heavy atom. The summed E-state index contributed by atoms with van der Waals surface area (Å²) in [6, 6.07) is 8.45. The first-order chi connectivity index (χ1) is 14.3. The molecule has 29 heavy (non-hydrogen) atoms. The van der Waals surface area contributed by atoms with E-state index < -0.39 is 0 Å². The molecule has 2 aromatic rings. The Morgan fingerprint density at radius 1 is 1.24 bits per heavy atom. The maximum absolute atomic E-state index is 4.95. The highest BCUT2D eigenvalue weighted by Crippen LogP contribution is 2.34. The van der Waals surface area contributed by atoms with Crippen LogP contribution in [0.5, 0.6) is 0 Å². The fraction of sp³-hybridized carbons (Fsp3) is 0.269. The molecule has 2 aliphatic rings. The lowest BCUT2D eigenvalue weighted by molar-refractivity contribution is 0.236. The highest BCUT2D eigenvalue weighted by atomic mass is 15.2. The van der Waals surface area contributed by atoms with Crippen molar-refractivity contribution in [2.24, 2.45) is 0 Å². The standard InChI is InChI=1S/C26H29N3/c1-3-5-11-20(4-2)21-16-18-29(19-17-21)25(22-12-7-6-8-13-22)26-27-23-14-9-10-15-24(23)28-26/h3-5,7,9-16,25H,1,6,8,17-19H2,2H3,(H,27,28)/b11-5-,20-4+. The number of allylic oxidation sites excluding steroid dienone is 7. The Morgan fingerprint density at radius 2 is 2.14 bits per heavy atom. The van der Waals surface area contributed by atoms with E-state index in [1.165, 1.54) is 16.7 Å². The van der Waals surface area contributed by atoms with Crippen molar-refractivity contribution < 1.29 is 0 Å². The number of imidazole rings is 1. The molecule has 0 fully saturated rings. The van der Waals surface area contributed by atoms with Crippen molar-refractivity contribution in [1.29, 1.82) is 0 Å². The monoisotopic (exact) mass is 383 g/mol. The highest BCUT2D eigenvalue weighted by Gasteiger charge is 2.28. The Bertz CT molecular complexity index is 996. The van der Waals surface area contributed by atoms with Crippen LogP contribution < -0.4 is 0 Å². The predicted molar refractivity (Wildman–Crippen MR) is 123 cm³/mol. The Hall–Kier alpha value is -2.91. The number of hydrogen-bond acceptors (Lipinski definition) is 2. The third-order valence-corrected chi connectivity index (χ3v) is 5.71. The number of aromatic nitrogens is 2. The summed E-state index contributed by atoms with van der Waals surface area (Å²) in [6.45, 7) is 7.82. The van der Waals surface area contributed by atoms with Crippen LogP contribution in [0.4, 0.5) is 0 Å². The van der Waals surface area contributed by atoms with Crippen LogP contribution in [-0.4, -0.2) is 28.0 Å². The second kappa shape index (κ2) is 9.06. The van der Waals surface area contributed by atoms with Crippen LogP contribution in [0.2, 0.25) is 0 Å². The number of aromatic amines is 1. The molecule has 0 saturated carbocycles. The fourth-order valence-electron chi connectivity index (χ4n) is 4.22. The number of para-hydroxylation sites is 2. The first-order valence-electron chi connectivity index (χ1n) is 10.5. The molecule has 1 unspecified atom stereocenters. The van der Waals surface area contributed by atoms with Gasteiger partial charge < -0.3 is 4.98 Å². The van der Waals surface area contributed by atoms with E-state index in [1.807, 2.05) is 18.2 Å². The maximum Gasteiger partial charge on any atom is 0.129 e. The van der Waals surface area contributed by atoms with E-state index >= 15 is 0 Å². The van der Waals surface area contributed by atoms with Gasteiger partial charge >= 0.3 is 0 Å². The molecule has 1 aromatic heterocycles. The molecule has 148 valence electrons. The quantitative estimate of drug-likeness (QED) is 0.602. The third-order valence-electron chi connectivity index (χ3n) is 5.71. The van der Waals surface area contributed by atoms with Crippen molar-refractivity contribution in [2.75, 3.05) is 13.1 Å². The summed E-state index contributed by atoms with van der Waals surface area (Å²) in [6.07, 6.45) is 20.8. The lowest BCUT2D eigenvalue weighted by Gasteiger charge is -2.34. The predicted octanol–water partition coefficient (Wildman–Crippen LogP) is 6.20. The van der Waals surface area contributed by atoms with Gasteiger partial charge in [0.25, 0.3) is 0 Å². The molecule has 0 amide bonds. The number of nitrogens with zero attached hydrogens (tertiary/aromatic N) is 2. The fourth-order valence-corrected chi connectivity index (χ4v) is 4.22. The van der Waals surface area contributed by atoms with Crippen LogP contribution >= 0.6 is 0 Å². The molecular formula is C26H29N3. The van der Waals surface area contributed by atoms with Crippen LogP contribution in [0.1, 0.15) is 38.1 Å². The van der Waals surface area contributed by atoms with Crippen molar-refractivity contribution >= 4 is 11.0 Å². The molecule has 1 aliphatic heterocycles. The molecule has 1 aliphatic carbocycles. The molecule has 2 heterocycles. The second-order valence-corrected chi connectivity index (χ2v) is 7.54. The maximum atomic E-state index is 4.95. The summed E-state index contributed by atoms with van der Waals surface area (Å²) in [5.41, 5.74) is 6.20. The molecule has 1 aromatic carbocycles. The van der Waals surface area contributed by atoms with E-state index in [9.17, 15) is 0 Å². The SMILES string of the molecule is C=C/C=C\C(=C/C)C1=CCN(C(C2=CCCC=C2)c2nc3ccccc3[nH]2)CC1. The summed E-state index contributed by atoms with van der Waals surface area (Å²) >= 11 is 0. The van der Waals surface area contributed by atoms with Crippen molar-refractivity contribution in [3.8, 4) is 0 Å². The Labute approximate surface area is 173 Å². The highest BCUT2D eigenvalue weighted by molar-refractivity contribution is 5.75. The first-order valence-corrected chi connectivity index (χ1v) is 10.5. The third kappa shape index (κ3) is 4.25. The Kier molecular flexibility index (Phi) is 6.06. The molecule has 0 spiro atoms. The van der Waals surface area contributed by atoms with Gasteiger partial charge in [-0.3, -0.25) is 4.90 Å². The van der Waals surface area contributed by atoms with Gasteiger partial charge in [0, 0.05) is 13.1 Å². The molecule has 3 heteroatoms. The average Bonchev–Trinajstić information content (AvgIpc) is 3.20. The number of fused-ring (bicyclic) bond motifs is 1. The minimum Gasteiger partial charge on any atom is -0.340 e. The summed E-state index contributed by atoms with van der Waals surface area (Å²) in [5, 5.41) is 0. The van der Waals surface area contributed by atoms with Gasteiger partial charge in [-0.25, -0.2) is 4.98 Å². The molecule has 3 nitrogen and oxygen atoms in total. The van der Waals surface area contributed by atoms with E-state index in [4.69, 9.17) is 4.98 Å².